The number of carbonyl (C=O) groups excluding carboxylic acids is 1. The molecule has 0 saturated heterocycles. The van der Waals surface area contributed by atoms with Gasteiger partial charge in [-0.3, -0.25) is 4.79 Å². The number of ether oxygens (including phenoxy) is 1. The summed E-state index contributed by atoms with van der Waals surface area (Å²) < 4.78 is 6.39. The number of benzene rings is 2. The van der Waals surface area contributed by atoms with Gasteiger partial charge < -0.3 is 10.1 Å². The summed E-state index contributed by atoms with van der Waals surface area (Å²) in [6.07, 6.45) is 0.674. The zero-order valence-corrected chi connectivity index (χ0v) is 13.4. The summed E-state index contributed by atoms with van der Waals surface area (Å²) >= 11 is 9.38. The van der Waals surface area contributed by atoms with Gasteiger partial charge in [-0.1, -0.05) is 29.8 Å². The molecule has 108 valence electrons. The summed E-state index contributed by atoms with van der Waals surface area (Å²) in [4.78, 5) is 12.5. The molecule has 21 heavy (non-hydrogen) atoms. The summed E-state index contributed by atoms with van der Waals surface area (Å²) in [5.41, 5.74) is 1.63. The number of hydrogen-bond acceptors (Lipinski definition) is 2. The van der Waals surface area contributed by atoms with Gasteiger partial charge in [-0.25, -0.2) is 0 Å². The highest BCUT2D eigenvalue weighted by Crippen LogP contribution is 2.34. The number of nitrogens with one attached hydrogen (secondary N) is 1. The molecule has 1 unspecified atom stereocenters. The fraction of sp³-hybridized carbons (Fsp3) is 0.188. The number of para-hydroxylation sites is 1. The highest BCUT2D eigenvalue weighted by molar-refractivity contribution is 9.10. The standard InChI is InChI=1S/C16H13BrClNO2/c17-13-6-5-10(9-14(13)18)19-16(20)12-7-8-21-15-4-2-1-3-11(12)15/h1-6,9,12H,7-8H2,(H,19,20). The van der Waals surface area contributed by atoms with Gasteiger partial charge in [0, 0.05) is 15.7 Å². The van der Waals surface area contributed by atoms with Gasteiger partial charge in [0.2, 0.25) is 5.91 Å². The van der Waals surface area contributed by atoms with E-state index in [-0.39, 0.29) is 11.8 Å². The zero-order valence-electron chi connectivity index (χ0n) is 11.1. The first-order valence-electron chi connectivity index (χ1n) is 6.63. The largest absolute Gasteiger partial charge is 0.493 e. The lowest BCUT2D eigenvalue weighted by atomic mass is 9.92. The van der Waals surface area contributed by atoms with Crippen LogP contribution in [0.5, 0.6) is 5.75 Å². The molecule has 3 rings (SSSR count). The Kier molecular flexibility index (Phi) is 4.17. The molecule has 2 aromatic rings. The molecule has 5 heteroatoms. The lowest BCUT2D eigenvalue weighted by Crippen LogP contribution is -2.26. The van der Waals surface area contributed by atoms with E-state index in [2.05, 4.69) is 21.2 Å². The summed E-state index contributed by atoms with van der Waals surface area (Å²) in [7, 11) is 0. The minimum absolute atomic E-state index is 0.0378. The van der Waals surface area contributed by atoms with Gasteiger partial charge in [0.05, 0.1) is 17.5 Å². The Labute approximate surface area is 136 Å². The van der Waals surface area contributed by atoms with Crippen molar-refractivity contribution in [2.45, 2.75) is 12.3 Å². The number of fused-ring (bicyclic) bond motifs is 1. The van der Waals surface area contributed by atoms with Crippen LogP contribution >= 0.6 is 27.5 Å². The van der Waals surface area contributed by atoms with Crippen LogP contribution in [0.15, 0.2) is 46.9 Å². The van der Waals surface area contributed by atoms with E-state index in [1.807, 2.05) is 36.4 Å². The monoisotopic (exact) mass is 365 g/mol. The molecule has 0 aliphatic carbocycles. The van der Waals surface area contributed by atoms with E-state index in [0.717, 1.165) is 15.8 Å². The Bertz CT molecular complexity index is 690. The second kappa shape index (κ2) is 6.08. The van der Waals surface area contributed by atoms with Crippen molar-refractivity contribution in [2.75, 3.05) is 11.9 Å². The van der Waals surface area contributed by atoms with Crippen molar-refractivity contribution >= 4 is 39.1 Å². The van der Waals surface area contributed by atoms with Crippen molar-refractivity contribution in [2.24, 2.45) is 0 Å². The summed E-state index contributed by atoms with van der Waals surface area (Å²) in [5.74, 6) is 0.555. The Morgan fingerprint density at radius 1 is 1.29 bits per heavy atom. The van der Waals surface area contributed by atoms with Gasteiger partial charge in [-0.2, -0.15) is 0 Å². The maximum Gasteiger partial charge on any atom is 0.232 e. The Hall–Kier alpha value is -1.52. The van der Waals surface area contributed by atoms with Crippen LogP contribution in [0, 0.1) is 0 Å². The Morgan fingerprint density at radius 3 is 2.90 bits per heavy atom. The maximum absolute atomic E-state index is 12.5. The van der Waals surface area contributed by atoms with Crippen LogP contribution in [-0.2, 0) is 4.79 Å². The fourth-order valence-electron chi connectivity index (χ4n) is 2.42. The fourth-order valence-corrected chi connectivity index (χ4v) is 2.84. The second-order valence-corrected chi connectivity index (χ2v) is 6.11. The van der Waals surface area contributed by atoms with E-state index in [0.29, 0.717) is 23.7 Å². The minimum Gasteiger partial charge on any atom is -0.493 e. The van der Waals surface area contributed by atoms with Crippen molar-refractivity contribution in [3.63, 3.8) is 0 Å². The number of carbonyl (C=O) groups is 1. The van der Waals surface area contributed by atoms with Crippen LogP contribution in [0.3, 0.4) is 0 Å². The molecule has 0 saturated carbocycles. The SMILES string of the molecule is O=C(Nc1ccc(Br)c(Cl)c1)C1CCOc2ccccc21. The van der Waals surface area contributed by atoms with Crippen LogP contribution in [0.4, 0.5) is 5.69 Å². The van der Waals surface area contributed by atoms with Crippen molar-refractivity contribution in [1.29, 1.82) is 0 Å². The van der Waals surface area contributed by atoms with Crippen LogP contribution in [-0.4, -0.2) is 12.5 Å². The zero-order chi connectivity index (χ0) is 14.8. The third-order valence-electron chi connectivity index (χ3n) is 3.46. The molecular weight excluding hydrogens is 354 g/mol. The normalized spacial score (nSPS) is 16.8. The minimum atomic E-state index is -0.197. The molecular formula is C16H13BrClNO2. The molecule has 2 aromatic carbocycles. The van der Waals surface area contributed by atoms with E-state index in [1.54, 1.807) is 6.07 Å². The number of rotatable bonds is 2. The van der Waals surface area contributed by atoms with E-state index in [4.69, 9.17) is 16.3 Å². The van der Waals surface area contributed by atoms with Crippen LogP contribution in [0.2, 0.25) is 5.02 Å². The summed E-state index contributed by atoms with van der Waals surface area (Å²) in [6.45, 7) is 0.552. The first kappa shape index (κ1) is 14.4. The van der Waals surface area contributed by atoms with Crippen molar-refractivity contribution in [1.82, 2.24) is 0 Å². The summed E-state index contributed by atoms with van der Waals surface area (Å²) in [6, 6.07) is 13.0. The van der Waals surface area contributed by atoms with Crippen molar-refractivity contribution in [3.8, 4) is 5.75 Å². The molecule has 1 heterocycles. The molecule has 0 aromatic heterocycles. The number of hydrogen-bond donors (Lipinski definition) is 1. The number of amides is 1. The Morgan fingerprint density at radius 2 is 2.10 bits per heavy atom. The third kappa shape index (κ3) is 3.06. The average molecular weight is 367 g/mol. The highest BCUT2D eigenvalue weighted by atomic mass is 79.9. The third-order valence-corrected chi connectivity index (χ3v) is 4.69. The van der Waals surface area contributed by atoms with Crippen LogP contribution < -0.4 is 10.1 Å². The maximum atomic E-state index is 12.5. The van der Waals surface area contributed by atoms with Crippen LogP contribution in [0.25, 0.3) is 0 Å². The van der Waals surface area contributed by atoms with Crippen molar-refractivity contribution in [3.05, 3.63) is 57.5 Å². The molecule has 1 aliphatic rings. The molecule has 0 spiro atoms. The topological polar surface area (TPSA) is 38.3 Å². The number of anilines is 1. The molecule has 0 bridgehead atoms. The van der Waals surface area contributed by atoms with Crippen LogP contribution in [0.1, 0.15) is 17.9 Å². The van der Waals surface area contributed by atoms with Gasteiger partial charge in [-0.15, -0.1) is 0 Å². The molecule has 0 fully saturated rings. The van der Waals surface area contributed by atoms with E-state index >= 15 is 0 Å². The summed E-state index contributed by atoms with van der Waals surface area (Å²) in [5, 5.41) is 3.49. The van der Waals surface area contributed by atoms with Crippen molar-refractivity contribution < 1.29 is 9.53 Å². The molecule has 1 aliphatic heterocycles. The van der Waals surface area contributed by atoms with Gasteiger partial charge in [-0.05, 0) is 46.6 Å². The first-order chi connectivity index (χ1) is 10.1. The Balaban J connectivity index is 1.81. The van der Waals surface area contributed by atoms with E-state index in [1.165, 1.54) is 0 Å². The molecule has 1 amide bonds. The predicted octanol–water partition coefficient (Wildman–Crippen LogP) is 4.61. The van der Waals surface area contributed by atoms with Gasteiger partial charge in [0.25, 0.3) is 0 Å². The smallest absolute Gasteiger partial charge is 0.232 e. The van der Waals surface area contributed by atoms with E-state index in [9.17, 15) is 4.79 Å². The van der Waals surface area contributed by atoms with Gasteiger partial charge >= 0.3 is 0 Å². The number of halogens is 2. The first-order valence-corrected chi connectivity index (χ1v) is 7.80. The average Bonchev–Trinajstić information content (AvgIpc) is 2.50. The predicted molar refractivity (Wildman–Crippen MR) is 87.1 cm³/mol. The highest BCUT2D eigenvalue weighted by Gasteiger charge is 2.27. The molecule has 1 N–H and O–H groups in total. The van der Waals surface area contributed by atoms with E-state index < -0.39 is 0 Å². The second-order valence-electron chi connectivity index (χ2n) is 4.85. The lowest BCUT2D eigenvalue weighted by molar-refractivity contribution is -0.118. The molecule has 0 radical (unpaired) electrons. The lowest BCUT2D eigenvalue weighted by Gasteiger charge is -2.25. The van der Waals surface area contributed by atoms with Gasteiger partial charge in [0.1, 0.15) is 5.75 Å². The van der Waals surface area contributed by atoms with Gasteiger partial charge in [0.15, 0.2) is 0 Å². The molecule has 1 atom stereocenters. The quantitative estimate of drug-likeness (QED) is 0.843. The molecule has 3 nitrogen and oxygen atoms in total.